The van der Waals surface area contributed by atoms with E-state index in [4.69, 9.17) is 5.11 Å². The fourth-order valence-corrected chi connectivity index (χ4v) is 2.47. The number of hydrogen-bond acceptors (Lipinski definition) is 3. The van der Waals surface area contributed by atoms with Crippen molar-refractivity contribution in [2.24, 2.45) is 0 Å². The van der Waals surface area contributed by atoms with E-state index in [2.05, 4.69) is 10.4 Å². The summed E-state index contributed by atoms with van der Waals surface area (Å²) in [5.41, 5.74) is 0.572. The Morgan fingerprint density at radius 1 is 1.42 bits per heavy atom. The third kappa shape index (κ3) is 3.56. The second kappa shape index (κ2) is 6.36. The van der Waals surface area contributed by atoms with Gasteiger partial charge < -0.3 is 10.4 Å². The van der Waals surface area contributed by atoms with Crippen LogP contribution in [0.25, 0.3) is 0 Å². The Bertz CT molecular complexity index is 450. The quantitative estimate of drug-likeness (QED) is 0.765. The lowest BCUT2D eigenvalue weighted by Gasteiger charge is -2.13. The van der Waals surface area contributed by atoms with E-state index in [1.165, 1.54) is 12.8 Å². The van der Waals surface area contributed by atoms with Crippen molar-refractivity contribution in [2.45, 2.75) is 44.6 Å². The zero-order chi connectivity index (χ0) is 13.7. The average molecular weight is 265 g/mol. The van der Waals surface area contributed by atoms with Crippen molar-refractivity contribution < 1.29 is 14.7 Å². The van der Waals surface area contributed by atoms with E-state index in [1.54, 1.807) is 16.9 Å². The number of hydrogen-bond donors (Lipinski definition) is 2. The van der Waals surface area contributed by atoms with Gasteiger partial charge in [-0.05, 0) is 25.3 Å². The van der Waals surface area contributed by atoms with Crippen molar-refractivity contribution in [3.63, 3.8) is 0 Å². The van der Waals surface area contributed by atoms with Gasteiger partial charge in [0.05, 0.1) is 6.04 Å². The minimum Gasteiger partial charge on any atom is -0.481 e. The fraction of sp³-hybridized carbons (Fsp3) is 0.615. The molecular formula is C13H19N3O3. The first-order valence-electron chi connectivity index (χ1n) is 6.72. The van der Waals surface area contributed by atoms with E-state index in [1.807, 2.05) is 0 Å². The molecule has 1 fully saturated rings. The van der Waals surface area contributed by atoms with Gasteiger partial charge >= 0.3 is 5.97 Å². The van der Waals surface area contributed by atoms with E-state index in [-0.39, 0.29) is 12.3 Å². The first-order chi connectivity index (χ1) is 9.18. The van der Waals surface area contributed by atoms with Gasteiger partial charge in [0.15, 0.2) is 0 Å². The summed E-state index contributed by atoms with van der Waals surface area (Å²) in [6.45, 7) is 0.376. The molecule has 2 rings (SSSR count). The number of aromatic nitrogens is 2. The number of carbonyl (C=O) groups is 2. The molecule has 0 bridgehead atoms. The molecule has 1 heterocycles. The molecule has 0 aliphatic heterocycles. The Balaban J connectivity index is 1.88. The van der Waals surface area contributed by atoms with Gasteiger partial charge in [-0.25, -0.2) is 0 Å². The van der Waals surface area contributed by atoms with Gasteiger partial charge in [-0.15, -0.1) is 0 Å². The zero-order valence-corrected chi connectivity index (χ0v) is 10.8. The Morgan fingerprint density at radius 3 is 2.84 bits per heavy atom. The Morgan fingerprint density at radius 2 is 2.16 bits per heavy atom. The van der Waals surface area contributed by atoms with Crippen LogP contribution < -0.4 is 5.32 Å². The monoisotopic (exact) mass is 265 g/mol. The second-order valence-electron chi connectivity index (χ2n) is 4.85. The van der Waals surface area contributed by atoms with Crippen LogP contribution in [0.3, 0.4) is 0 Å². The standard InChI is InChI=1S/C13H19N3O3/c17-12(18)6-3-8-14-13(19)11-7-9-15-16(11)10-4-1-2-5-10/h7,9-10H,1-6,8H2,(H,14,19)(H,17,18). The van der Waals surface area contributed by atoms with Crippen molar-refractivity contribution in [3.8, 4) is 0 Å². The lowest BCUT2D eigenvalue weighted by Crippen LogP contribution is -2.28. The highest BCUT2D eigenvalue weighted by molar-refractivity contribution is 5.92. The first kappa shape index (κ1) is 13.6. The second-order valence-corrected chi connectivity index (χ2v) is 4.85. The molecule has 19 heavy (non-hydrogen) atoms. The number of carboxylic acid groups (broad SMARTS) is 1. The Labute approximate surface area is 111 Å². The maximum Gasteiger partial charge on any atom is 0.303 e. The molecule has 0 saturated heterocycles. The Hall–Kier alpha value is -1.85. The van der Waals surface area contributed by atoms with Crippen LogP contribution in [0.4, 0.5) is 0 Å². The summed E-state index contributed by atoms with van der Waals surface area (Å²) in [6.07, 6.45) is 6.67. The highest BCUT2D eigenvalue weighted by atomic mass is 16.4. The molecule has 1 aromatic rings. The normalized spacial score (nSPS) is 15.6. The van der Waals surface area contributed by atoms with Crippen LogP contribution in [-0.4, -0.2) is 33.3 Å². The summed E-state index contributed by atoms with van der Waals surface area (Å²) in [7, 11) is 0. The van der Waals surface area contributed by atoms with Crippen molar-refractivity contribution in [2.75, 3.05) is 6.54 Å². The molecular weight excluding hydrogens is 246 g/mol. The molecule has 6 nitrogen and oxygen atoms in total. The maximum absolute atomic E-state index is 12.0. The molecule has 1 aromatic heterocycles. The molecule has 0 unspecified atom stereocenters. The van der Waals surface area contributed by atoms with Gasteiger partial charge in [0.1, 0.15) is 5.69 Å². The summed E-state index contributed by atoms with van der Waals surface area (Å²) >= 11 is 0. The summed E-state index contributed by atoms with van der Waals surface area (Å²) in [5, 5.41) is 15.5. The van der Waals surface area contributed by atoms with E-state index in [0.717, 1.165) is 12.8 Å². The SMILES string of the molecule is O=C(O)CCCNC(=O)c1ccnn1C1CCCC1. The summed E-state index contributed by atoms with van der Waals surface area (Å²) in [6, 6.07) is 2.04. The smallest absolute Gasteiger partial charge is 0.303 e. The molecule has 104 valence electrons. The number of carboxylic acids is 1. The molecule has 1 amide bonds. The maximum atomic E-state index is 12.0. The number of carbonyl (C=O) groups excluding carboxylic acids is 1. The third-order valence-electron chi connectivity index (χ3n) is 3.43. The van der Waals surface area contributed by atoms with Gasteiger partial charge in [-0.1, -0.05) is 12.8 Å². The van der Waals surface area contributed by atoms with Gasteiger partial charge in [0, 0.05) is 19.2 Å². The van der Waals surface area contributed by atoms with Crippen LogP contribution in [0.1, 0.15) is 55.1 Å². The molecule has 0 atom stereocenters. The van der Waals surface area contributed by atoms with Gasteiger partial charge in [0.2, 0.25) is 0 Å². The van der Waals surface area contributed by atoms with Gasteiger partial charge in [0.25, 0.3) is 5.91 Å². The van der Waals surface area contributed by atoms with E-state index in [0.29, 0.717) is 24.7 Å². The number of rotatable bonds is 6. The third-order valence-corrected chi connectivity index (χ3v) is 3.43. The van der Waals surface area contributed by atoms with Crippen molar-refractivity contribution >= 4 is 11.9 Å². The minimum absolute atomic E-state index is 0.0716. The number of nitrogens with one attached hydrogen (secondary N) is 1. The van der Waals surface area contributed by atoms with Crippen molar-refractivity contribution in [1.82, 2.24) is 15.1 Å². The molecule has 0 spiro atoms. The predicted octanol–water partition coefficient (Wildman–Crippen LogP) is 1.59. The van der Waals surface area contributed by atoms with Crippen molar-refractivity contribution in [3.05, 3.63) is 18.0 Å². The van der Waals surface area contributed by atoms with Crippen LogP contribution in [-0.2, 0) is 4.79 Å². The predicted molar refractivity (Wildman–Crippen MR) is 68.9 cm³/mol. The Kier molecular flexibility index (Phi) is 4.54. The summed E-state index contributed by atoms with van der Waals surface area (Å²) < 4.78 is 1.81. The number of aliphatic carboxylic acids is 1. The van der Waals surface area contributed by atoms with Crippen LogP contribution >= 0.6 is 0 Å². The lowest BCUT2D eigenvalue weighted by atomic mass is 10.2. The molecule has 1 aliphatic carbocycles. The van der Waals surface area contributed by atoms with Crippen molar-refractivity contribution in [1.29, 1.82) is 0 Å². The molecule has 6 heteroatoms. The molecule has 1 aliphatic rings. The highest BCUT2D eigenvalue weighted by Crippen LogP contribution is 2.29. The summed E-state index contributed by atoms with van der Waals surface area (Å²) in [4.78, 5) is 22.4. The van der Waals surface area contributed by atoms with Crippen LogP contribution in [0.15, 0.2) is 12.3 Å². The molecule has 1 saturated carbocycles. The van der Waals surface area contributed by atoms with E-state index in [9.17, 15) is 9.59 Å². The fourth-order valence-electron chi connectivity index (χ4n) is 2.47. The number of amides is 1. The average Bonchev–Trinajstić information content (AvgIpc) is 3.02. The molecule has 2 N–H and O–H groups in total. The zero-order valence-electron chi connectivity index (χ0n) is 10.8. The topological polar surface area (TPSA) is 84.2 Å². The highest BCUT2D eigenvalue weighted by Gasteiger charge is 2.22. The van der Waals surface area contributed by atoms with Crippen LogP contribution in [0, 0.1) is 0 Å². The van der Waals surface area contributed by atoms with Gasteiger partial charge in [-0.2, -0.15) is 5.10 Å². The molecule has 0 aromatic carbocycles. The van der Waals surface area contributed by atoms with E-state index < -0.39 is 5.97 Å². The van der Waals surface area contributed by atoms with Gasteiger partial charge in [-0.3, -0.25) is 14.3 Å². The lowest BCUT2D eigenvalue weighted by molar-refractivity contribution is -0.137. The summed E-state index contributed by atoms with van der Waals surface area (Å²) in [5.74, 6) is -1.01. The van der Waals surface area contributed by atoms with Crippen LogP contribution in [0.5, 0.6) is 0 Å². The van der Waals surface area contributed by atoms with E-state index >= 15 is 0 Å². The molecule has 0 radical (unpaired) electrons. The largest absolute Gasteiger partial charge is 0.481 e. The first-order valence-corrected chi connectivity index (χ1v) is 6.72. The van der Waals surface area contributed by atoms with Crippen LogP contribution in [0.2, 0.25) is 0 Å². The minimum atomic E-state index is -0.842. The number of nitrogens with zero attached hydrogens (tertiary/aromatic N) is 2.